The molecule has 0 radical (unpaired) electrons. The van der Waals surface area contributed by atoms with Crippen molar-refractivity contribution in [2.24, 2.45) is 0 Å². The number of hydrogen-bond donors (Lipinski definition) is 1. The number of rotatable bonds is 4. The van der Waals surface area contributed by atoms with Crippen LogP contribution in [-0.2, 0) is 4.74 Å². The summed E-state index contributed by atoms with van der Waals surface area (Å²) in [5, 5.41) is 7.12. The minimum Gasteiger partial charge on any atom is -0.379 e. The van der Waals surface area contributed by atoms with Crippen LogP contribution in [-0.4, -0.2) is 57.9 Å². The molecule has 2 aliphatic rings. The Morgan fingerprint density at radius 2 is 2.35 bits per heavy atom. The molecule has 2 aliphatic heterocycles. The molecule has 2 saturated heterocycles. The number of nitrogens with zero attached hydrogens (tertiary/aromatic N) is 3. The number of hydrogen-bond acceptors (Lipinski definition) is 7. The van der Waals surface area contributed by atoms with Gasteiger partial charge in [0.05, 0.1) is 6.10 Å². The van der Waals surface area contributed by atoms with Crippen molar-refractivity contribution in [3.63, 3.8) is 0 Å². The molecule has 1 aromatic heterocycles. The SMILES string of the molecule is Nc1nonc1C(=O)N(CC1CCCO1)C1CCSC1. The van der Waals surface area contributed by atoms with Gasteiger partial charge in [0.2, 0.25) is 11.5 Å². The lowest BCUT2D eigenvalue weighted by Gasteiger charge is -2.30. The van der Waals surface area contributed by atoms with Crippen molar-refractivity contribution >= 4 is 23.5 Å². The van der Waals surface area contributed by atoms with Gasteiger partial charge >= 0.3 is 0 Å². The topological polar surface area (TPSA) is 94.5 Å². The number of carbonyl (C=O) groups excluding carboxylic acids is 1. The first-order valence-electron chi connectivity index (χ1n) is 6.84. The summed E-state index contributed by atoms with van der Waals surface area (Å²) in [6, 6.07) is 0.216. The van der Waals surface area contributed by atoms with Crippen LogP contribution >= 0.6 is 11.8 Å². The van der Waals surface area contributed by atoms with Crippen molar-refractivity contribution < 1.29 is 14.2 Å². The number of thioether (sulfide) groups is 1. The van der Waals surface area contributed by atoms with Gasteiger partial charge in [-0.05, 0) is 35.3 Å². The number of anilines is 1. The minimum atomic E-state index is -0.202. The van der Waals surface area contributed by atoms with Crippen LogP contribution in [0.4, 0.5) is 5.82 Å². The first-order valence-corrected chi connectivity index (χ1v) is 7.99. The third-order valence-electron chi connectivity index (χ3n) is 3.75. The highest BCUT2D eigenvalue weighted by Gasteiger charge is 2.33. The molecule has 0 saturated carbocycles. The van der Waals surface area contributed by atoms with Gasteiger partial charge < -0.3 is 15.4 Å². The van der Waals surface area contributed by atoms with E-state index in [0.717, 1.165) is 37.4 Å². The predicted molar refractivity (Wildman–Crippen MR) is 74.5 cm³/mol. The Hall–Kier alpha value is -1.28. The fourth-order valence-corrected chi connectivity index (χ4v) is 3.88. The molecule has 2 N–H and O–H groups in total. The van der Waals surface area contributed by atoms with E-state index in [1.54, 1.807) is 0 Å². The summed E-state index contributed by atoms with van der Waals surface area (Å²) in [5.74, 6) is 1.88. The summed E-state index contributed by atoms with van der Waals surface area (Å²) in [4.78, 5) is 14.5. The number of ether oxygens (including phenoxy) is 1. The molecule has 3 rings (SSSR count). The Morgan fingerprint density at radius 3 is 2.95 bits per heavy atom. The monoisotopic (exact) mass is 298 g/mol. The zero-order valence-electron chi connectivity index (χ0n) is 11.2. The maximum absolute atomic E-state index is 12.6. The Kier molecular flexibility index (Phi) is 4.11. The fourth-order valence-electron chi connectivity index (χ4n) is 2.65. The van der Waals surface area contributed by atoms with E-state index in [9.17, 15) is 4.79 Å². The number of aromatic nitrogens is 2. The molecule has 2 unspecified atom stereocenters. The summed E-state index contributed by atoms with van der Waals surface area (Å²) >= 11 is 1.86. The van der Waals surface area contributed by atoms with Crippen LogP contribution in [0.1, 0.15) is 29.8 Å². The van der Waals surface area contributed by atoms with Gasteiger partial charge in [-0.2, -0.15) is 11.8 Å². The Morgan fingerprint density at radius 1 is 1.45 bits per heavy atom. The van der Waals surface area contributed by atoms with Gasteiger partial charge in [-0.15, -0.1) is 0 Å². The first kappa shape index (κ1) is 13.7. The van der Waals surface area contributed by atoms with Crippen LogP contribution < -0.4 is 5.73 Å². The van der Waals surface area contributed by atoms with E-state index in [4.69, 9.17) is 10.5 Å². The molecule has 1 amide bonds. The van der Waals surface area contributed by atoms with Crippen LogP contribution in [0.25, 0.3) is 0 Å². The average Bonchev–Trinajstić information content (AvgIpc) is 3.17. The molecule has 2 atom stereocenters. The highest BCUT2D eigenvalue weighted by Crippen LogP contribution is 2.26. The maximum Gasteiger partial charge on any atom is 0.280 e. The number of nitrogens with two attached hydrogens (primary N) is 1. The average molecular weight is 298 g/mol. The van der Waals surface area contributed by atoms with Crippen molar-refractivity contribution in [1.29, 1.82) is 0 Å². The maximum atomic E-state index is 12.6. The Bertz CT molecular complexity index is 469. The van der Waals surface area contributed by atoms with Gasteiger partial charge in [0.1, 0.15) is 0 Å². The third-order valence-corrected chi connectivity index (χ3v) is 4.89. The number of amides is 1. The Balaban J connectivity index is 1.76. The Labute approximate surface area is 121 Å². The van der Waals surface area contributed by atoms with E-state index in [1.807, 2.05) is 16.7 Å². The van der Waals surface area contributed by atoms with E-state index in [-0.39, 0.29) is 29.6 Å². The summed E-state index contributed by atoms with van der Waals surface area (Å²) < 4.78 is 10.2. The van der Waals surface area contributed by atoms with Crippen LogP contribution in [0.5, 0.6) is 0 Å². The van der Waals surface area contributed by atoms with Gasteiger partial charge in [-0.1, -0.05) is 0 Å². The molecular formula is C12H18N4O3S. The first-order chi connectivity index (χ1) is 9.75. The summed E-state index contributed by atoms with van der Waals surface area (Å²) in [7, 11) is 0. The molecule has 0 aromatic carbocycles. The van der Waals surface area contributed by atoms with Gasteiger partial charge in [-0.25, -0.2) is 4.63 Å². The molecule has 0 aliphatic carbocycles. The van der Waals surface area contributed by atoms with Gasteiger partial charge in [0.15, 0.2) is 0 Å². The van der Waals surface area contributed by atoms with Crippen molar-refractivity contribution in [3.8, 4) is 0 Å². The lowest BCUT2D eigenvalue weighted by molar-refractivity contribution is 0.0434. The summed E-state index contributed by atoms with van der Waals surface area (Å²) in [6.45, 7) is 1.37. The molecular weight excluding hydrogens is 280 g/mol. The van der Waals surface area contributed by atoms with Crippen molar-refractivity contribution in [3.05, 3.63) is 5.69 Å². The van der Waals surface area contributed by atoms with Crippen LogP contribution in [0.3, 0.4) is 0 Å². The largest absolute Gasteiger partial charge is 0.379 e. The molecule has 7 nitrogen and oxygen atoms in total. The predicted octanol–water partition coefficient (Wildman–Crippen LogP) is 0.778. The van der Waals surface area contributed by atoms with E-state index in [0.29, 0.717) is 6.54 Å². The molecule has 2 fully saturated rings. The van der Waals surface area contributed by atoms with Gasteiger partial charge in [-0.3, -0.25) is 4.79 Å². The van der Waals surface area contributed by atoms with Crippen molar-refractivity contribution in [1.82, 2.24) is 15.2 Å². The molecule has 1 aromatic rings. The van der Waals surface area contributed by atoms with Gasteiger partial charge in [0.25, 0.3) is 5.91 Å². The molecule has 8 heteroatoms. The normalized spacial score (nSPS) is 26.0. The highest BCUT2D eigenvalue weighted by molar-refractivity contribution is 7.99. The second kappa shape index (κ2) is 6.01. The van der Waals surface area contributed by atoms with Gasteiger partial charge in [0, 0.05) is 24.9 Å². The molecule has 110 valence electrons. The number of nitrogen functional groups attached to an aromatic ring is 1. The minimum absolute atomic E-state index is 0.0537. The smallest absolute Gasteiger partial charge is 0.280 e. The second-order valence-electron chi connectivity index (χ2n) is 5.11. The highest BCUT2D eigenvalue weighted by atomic mass is 32.2. The second-order valence-corrected chi connectivity index (χ2v) is 6.26. The van der Waals surface area contributed by atoms with Crippen LogP contribution in [0.2, 0.25) is 0 Å². The third kappa shape index (κ3) is 2.76. The fraction of sp³-hybridized carbons (Fsp3) is 0.750. The van der Waals surface area contributed by atoms with Crippen molar-refractivity contribution in [2.75, 3.05) is 30.4 Å². The zero-order valence-corrected chi connectivity index (χ0v) is 12.0. The molecule has 20 heavy (non-hydrogen) atoms. The van der Waals surface area contributed by atoms with E-state index in [1.165, 1.54) is 0 Å². The summed E-state index contributed by atoms with van der Waals surface area (Å²) in [6.07, 6.45) is 3.16. The zero-order chi connectivity index (χ0) is 13.9. The standard InChI is InChI=1S/C12H18N4O3S/c13-11-10(14-19-15-11)12(17)16(8-3-5-20-7-8)6-9-2-1-4-18-9/h8-9H,1-7H2,(H2,13,15). The molecule has 0 bridgehead atoms. The van der Waals surface area contributed by atoms with Crippen LogP contribution in [0.15, 0.2) is 4.63 Å². The van der Waals surface area contributed by atoms with E-state index >= 15 is 0 Å². The number of carbonyl (C=O) groups is 1. The lowest BCUT2D eigenvalue weighted by Crippen LogP contribution is -2.45. The summed E-state index contributed by atoms with van der Waals surface area (Å²) in [5.41, 5.74) is 5.75. The van der Waals surface area contributed by atoms with Crippen LogP contribution in [0, 0.1) is 0 Å². The molecule has 0 spiro atoms. The van der Waals surface area contributed by atoms with Crippen molar-refractivity contribution in [2.45, 2.75) is 31.4 Å². The quantitative estimate of drug-likeness (QED) is 0.877. The van der Waals surface area contributed by atoms with E-state index in [2.05, 4.69) is 14.9 Å². The molecule has 3 heterocycles. The lowest BCUT2D eigenvalue weighted by atomic mass is 10.1. The van der Waals surface area contributed by atoms with E-state index < -0.39 is 0 Å².